The molecule has 1 aliphatic heterocycles. The number of thiophene rings is 1. The summed E-state index contributed by atoms with van der Waals surface area (Å²) in [5.74, 6) is 0.137. The molecule has 2 atom stereocenters. The maximum Gasteiger partial charge on any atom is 0.219 e. The van der Waals surface area contributed by atoms with Crippen LogP contribution in [0.1, 0.15) is 35.4 Å². The molecule has 0 spiro atoms. The molecule has 1 unspecified atom stereocenters. The largest absolute Gasteiger partial charge is 0.350 e. The first kappa shape index (κ1) is 15.3. The highest BCUT2D eigenvalue weighted by atomic mass is 32.1. The molecule has 1 aromatic carbocycles. The molecule has 1 amide bonds. The van der Waals surface area contributed by atoms with Crippen molar-refractivity contribution in [1.29, 1.82) is 0 Å². The smallest absolute Gasteiger partial charge is 0.219 e. The van der Waals surface area contributed by atoms with Crippen molar-refractivity contribution in [3.8, 4) is 0 Å². The number of quaternary nitrogens is 1. The number of carbonyl (C=O) groups is 1. The van der Waals surface area contributed by atoms with Crippen molar-refractivity contribution >= 4 is 17.2 Å². The summed E-state index contributed by atoms with van der Waals surface area (Å²) in [6, 6.07) is 13.4. The Morgan fingerprint density at radius 3 is 2.82 bits per heavy atom. The van der Waals surface area contributed by atoms with Crippen molar-refractivity contribution in [1.82, 2.24) is 5.32 Å². The summed E-state index contributed by atoms with van der Waals surface area (Å²) in [5, 5.41) is 5.22. The standard InChI is InChI=1S/C18H22N2OS/c1-2-18(21)19-12-16(17-8-5-11-22-17)20-10-9-14-6-3-4-7-15(14)13-20/h3-8,11,16H,2,9-10,12-13H2,1H3,(H,19,21)/p+1/t16-/m1/s1. The SMILES string of the molecule is CCC(=O)NC[C@H](c1cccs1)[NH+]1CCc2ccccc2C1. The number of fused-ring (bicyclic) bond motifs is 1. The normalized spacial score (nSPS) is 18.5. The molecule has 2 aromatic rings. The Morgan fingerprint density at radius 2 is 2.09 bits per heavy atom. The van der Waals surface area contributed by atoms with Gasteiger partial charge in [-0.3, -0.25) is 4.79 Å². The van der Waals surface area contributed by atoms with Gasteiger partial charge in [-0.2, -0.15) is 0 Å². The van der Waals surface area contributed by atoms with E-state index in [0.717, 1.165) is 26.1 Å². The van der Waals surface area contributed by atoms with Crippen LogP contribution >= 0.6 is 11.3 Å². The van der Waals surface area contributed by atoms with Gasteiger partial charge in [0.15, 0.2) is 0 Å². The average molecular weight is 315 g/mol. The van der Waals surface area contributed by atoms with Gasteiger partial charge in [-0.15, -0.1) is 11.3 Å². The van der Waals surface area contributed by atoms with Crippen molar-refractivity contribution < 1.29 is 9.69 Å². The second kappa shape index (κ2) is 7.07. The van der Waals surface area contributed by atoms with Crippen molar-refractivity contribution in [3.05, 3.63) is 57.8 Å². The van der Waals surface area contributed by atoms with E-state index in [4.69, 9.17) is 0 Å². The number of benzene rings is 1. The molecule has 116 valence electrons. The van der Waals surface area contributed by atoms with Crippen molar-refractivity contribution in [2.24, 2.45) is 0 Å². The fourth-order valence-electron chi connectivity index (χ4n) is 3.18. The van der Waals surface area contributed by atoms with Gasteiger partial charge in [0.25, 0.3) is 0 Å². The molecule has 2 heterocycles. The van der Waals surface area contributed by atoms with Crippen LogP contribution in [0.25, 0.3) is 0 Å². The topological polar surface area (TPSA) is 33.5 Å². The highest BCUT2D eigenvalue weighted by Gasteiger charge is 2.29. The third-order valence-corrected chi connectivity index (χ3v) is 5.44. The summed E-state index contributed by atoms with van der Waals surface area (Å²) in [4.78, 5) is 14.6. The first-order valence-corrected chi connectivity index (χ1v) is 8.87. The lowest BCUT2D eigenvalue weighted by Gasteiger charge is -2.32. The van der Waals surface area contributed by atoms with Gasteiger partial charge < -0.3 is 10.2 Å². The molecule has 1 aromatic heterocycles. The van der Waals surface area contributed by atoms with E-state index in [0.29, 0.717) is 12.5 Å². The molecule has 0 saturated heterocycles. The minimum Gasteiger partial charge on any atom is -0.350 e. The van der Waals surface area contributed by atoms with Crippen LogP contribution < -0.4 is 10.2 Å². The Kier molecular flexibility index (Phi) is 4.90. The van der Waals surface area contributed by atoms with Gasteiger partial charge >= 0.3 is 0 Å². The molecule has 3 rings (SSSR count). The molecule has 2 N–H and O–H groups in total. The number of hydrogen-bond acceptors (Lipinski definition) is 2. The molecule has 0 bridgehead atoms. The van der Waals surface area contributed by atoms with Crippen LogP contribution in [0.3, 0.4) is 0 Å². The molecule has 0 radical (unpaired) electrons. The van der Waals surface area contributed by atoms with Crippen LogP contribution in [0.4, 0.5) is 0 Å². The van der Waals surface area contributed by atoms with Crippen LogP contribution in [0.15, 0.2) is 41.8 Å². The second-order valence-corrected chi connectivity index (χ2v) is 6.81. The molecule has 22 heavy (non-hydrogen) atoms. The quantitative estimate of drug-likeness (QED) is 0.869. The predicted molar refractivity (Wildman–Crippen MR) is 90.0 cm³/mol. The summed E-state index contributed by atoms with van der Waals surface area (Å²) in [5.41, 5.74) is 2.93. The third kappa shape index (κ3) is 3.39. The lowest BCUT2D eigenvalue weighted by atomic mass is 9.98. The van der Waals surface area contributed by atoms with Gasteiger partial charge in [0, 0.05) is 18.4 Å². The fraction of sp³-hybridized carbons (Fsp3) is 0.389. The second-order valence-electron chi connectivity index (χ2n) is 5.83. The van der Waals surface area contributed by atoms with Crippen molar-refractivity contribution in [3.63, 3.8) is 0 Å². The summed E-state index contributed by atoms with van der Waals surface area (Å²) < 4.78 is 0. The summed E-state index contributed by atoms with van der Waals surface area (Å²) in [6.45, 7) is 4.80. The zero-order valence-corrected chi connectivity index (χ0v) is 13.8. The zero-order chi connectivity index (χ0) is 15.4. The Hall–Kier alpha value is -1.65. The number of carbonyl (C=O) groups excluding carboxylic acids is 1. The maximum atomic E-state index is 11.7. The average Bonchev–Trinajstić information content (AvgIpc) is 3.09. The van der Waals surface area contributed by atoms with Gasteiger partial charge in [0.1, 0.15) is 12.6 Å². The van der Waals surface area contributed by atoms with Crippen LogP contribution in [-0.2, 0) is 17.8 Å². The predicted octanol–water partition coefficient (Wildman–Crippen LogP) is 1.96. The molecule has 1 aliphatic rings. The first-order chi connectivity index (χ1) is 10.8. The van der Waals surface area contributed by atoms with Gasteiger partial charge in [0.05, 0.1) is 18.0 Å². The van der Waals surface area contributed by atoms with Gasteiger partial charge in [-0.05, 0) is 17.0 Å². The van der Waals surface area contributed by atoms with Crippen molar-refractivity contribution in [2.45, 2.75) is 32.4 Å². The lowest BCUT2D eigenvalue weighted by molar-refractivity contribution is -0.945. The monoisotopic (exact) mass is 315 g/mol. The first-order valence-electron chi connectivity index (χ1n) is 7.99. The van der Waals surface area contributed by atoms with E-state index >= 15 is 0 Å². The number of nitrogens with one attached hydrogen (secondary N) is 2. The van der Waals surface area contributed by atoms with Crippen LogP contribution in [0, 0.1) is 0 Å². The minimum atomic E-state index is 0.137. The van der Waals surface area contributed by atoms with Gasteiger partial charge in [0.2, 0.25) is 5.91 Å². The number of rotatable bonds is 5. The van der Waals surface area contributed by atoms with E-state index in [1.165, 1.54) is 16.0 Å². The van der Waals surface area contributed by atoms with Gasteiger partial charge in [-0.1, -0.05) is 37.3 Å². The fourth-order valence-corrected chi connectivity index (χ4v) is 4.06. The molecule has 0 saturated carbocycles. The van der Waals surface area contributed by atoms with E-state index in [2.05, 4.69) is 47.1 Å². The van der Waals surface area contributed by atoms with Crippen LogP contribution in [0.2, 0.25) is 0 Å². The molecule has 0 fully saturated rings. The Morgan fingerprint density at radius 1 is 1.27 bits per heavy atom. The van der Waals surface area contributed by atoms with Crippen LogP contribution in [0.5, 0.6) is 0 Å². The molecule has 0 aliphatic carbocycles. The Labute approximate surface area is 136 Å². The van der Waals surface area contributed by atoms with E-state index in [-0.39, 0.29) is 5.91 Å². The molecular formula is C18H23N2OS+. The maximum absolute atomic E-state index is 11.7. The zero-order valence-electron chi connectivity index (χ0n) is 13.0. The van der Waals surface area contributed by atoms with Crippen LogP contribution in [-0.4, -0.2) is 19.0 Å². The Bertz CT molecular complexity index is 624. The minimum absolute atomic E-state index is 0.137. The van der Waals surface area contributed by atoms with E-state index in [1.807, 2.05) is 6.92 Å². The number of hydrogen-bond donors (Lipinski definition) is 2. The highest BCUT2D eigenvalue weighted by Crippen LogP contribution is 2.18. The summed E-state index contributed by atoms with van der Waals surface area (Å²) in [7, 11) is 0. The highest BCUT2D eigenvalue weighted by molar-refractivity contribution is 7.10. The molecular weight excluding hydrogens is 292 g/mol. The summed E-state index contributed by atoms with van der Waals surface area (Å²) in [6.07, 6.45) is 1.67. The Balaban J connectivity index is 1.76. The molecule has 4 heteroatoms. The molecule has 3 nitrogen and oxygen atoms in total. The third-order valence-electron chi connectivity index (χ3n) is 4.46. The van der Waals surface area contributed by atoms with Crippen molar-refractivity contribution in [2.75, 3.05) is 13.1 Å². The lowest BCUT2D eigenvalue weighted by Crippen LogP contribution is -3.12. The number of amides is 1. The van der Waals surface area contributed by atoms with Gasteiger partial charge in [-0.25, -0.2) is 0 Å². The van der Waals surface area contributed by atoms with E-state index < -0.39 is 0 Å². The van der Waals surface area contributed by atoms with E-state index in [9.17, 15) is 4.79 Å². The summed E-state index contributed by atoms with van der Waals surface area (Å²) >= 11 is 1.79. The van der Waals surface area contributed by atoms with E-state index in [1.54, 1.807) is 16.2 Å².